The molecular formula is C21H21N3O4. The fourth-order valence-electron chi connectivity index (χ4n) is 2.36. The highest BCUT2D eigenvalue weighted by molar-refractivity contribution is 5.78. The third kappa shape index (κ3) is 5.20. The fraction of sp³-hybridized carbons (Fsp3) is 0.190. The Balaban J connectivity index is 1.64. The third-order valence-corrected chi connectivity index (χ3v) is 3.78. The van der Waals surface area contributed by atoms with E-state index in [0.29, 0.717) is 29.6 Å². The molecule has 0 atom stereocenters. The Morgan fingerprint density at radius 1 is 1.18 bits per heavy atom. The number of aromatic nitrogens is 2. The number of carbonyl (C=O) groups is 1. The van der Waals surface area contributed by atoms with Crippen LogP contribution in [-0.4, -0.2) is 29.2 Å². The number of benzene rings is 2. The molecule has 1 aromatic heterocycles. The monoisotopic (exact) mass is 379 g/mol. The molecule has 0 aliphatic heterocycles. The molecule has 3 aromatic rings. The first-order chi connectivity index (χ1) is 13.7. The van der Waals surface area contributed by atoms with E-state index in [4.69, 9.17) is 14.0 Å². The van der Waals surface area contributed by atoms with Gasteiger partial charge in [0.1, 0.15) is 11.5 Å². The zero-order valence-corrected chi connectivity index (χ0v) is 15.6. The molecule has 7 nitrogen and oxygen atoms in total. The average molecular weight is 379 g/mol. The molecule has 0 radical (unpaired) electrons. The van der Waals surface area contributed by atoms with Crippen molar-refractivity contribution >= 4 is 5.91 Å². The van der Waals surface area contributed by atoms with Crippen LogP contribution in [0.15, 0.2) is 65.7 Å². The summed E-state index contributed by atoms with van der Waals surface area (Å²) >= 11 is 0. The molecule has 0 bridgehead atoms. The summed E-state index contributed by atoms with van der Waals surface area (Å²) in [5.74, 6) is 1.68. The number of hydrogen-bond donors (Lipinski definition) is 1. The molecule has 1 heterocycles. The highest BCUT2D eigenvalue weighted by atomic mass is 16.5. The molecule has 0 aliphatic rings. The van der Waals surface area contributed by atoms with Crippen LogP contribution in [0.4, 0.5) is 0 Å². The lowest BCUT2D eigenvalue weighted by Crippen LogP contribution is -2.28. The summed E-state index contributed by atoms with van der Waals surface area (Å²) in [6.07, 6.45) is 1.60. The first-order valence-corrected chi connectivity index (χ1v) is 8.77. The van der Waals surface area contributed by atoms with E-state index in [1.165, 1.54) is 0 Å². The van der Waals surface area contributed by atoms with Crippen molar-refractivity contribution in [3.63, 3.8) is 0 Å². The van der Waals surface area contributed by atoms with Gasteiger partial charge in [-0.1, -0.05) is 41.1 Å². The Morgan fingerprint density at radius 2 is 1.96 bits per heavy atom. The molecule has 2 aromatic carbocycles. The normalized spacial score (nSPS) is 10.3. The number of nitrogens with one attached hydrogen (secondary N) is 1. The third-order valence-electron chi connectivity index (χ3n) is 3.78. The lowest BCUT2D eigenvalue weighted by Gasteiger charge is -2.09. The van der Waals surface area contributed by atoms with Crippen LogP contribution in [0.3, 0.4) is 0 Å². The van der Waals surface area contributed by atoms with Crippen LogP contribution in [0, 0.1) is 6.92 Å². The van der Waals surface area contributed by atoms with Crippen molar-refractivity contribution in [2.45, 2.75) is 13.5 Å². The van der Waals surface area contributed by atoms with Gasteiger partial charge in [-0.2, -0.15) is 4.98 Å². The lowest BCUT2D eigenvalue weighted by molar-refractivity contribution is -0.122. The van der Waals surface area contributed by atoms with Gasteiger partial charge in [0.05, 0.1) is 5.56 Å². The van der Waals surface area contributed by atoms with Crippen molar-refractivity contribution in [2.75, 3.05) is 13.2 Å². The van der Waals surface area contributed by atoms with E-state index in [1.807, 2.05) is 43.3 Å². The summed E-state index contributed by atoms with van der Waals surface area (Å²) in [7, 11) is 0. The maximum absolute atomic E-state index is 11.7. The summed E-state index contributed by atoms with van der Waals surface area (Å²) in [4.78, 5) is 16.1. The van der Waals surface area contributed by atoms with Crippen LogP contribution in [0.25, 0.3) is 11.4 Å². The van der Waals surface area contributed by atoms with Crippen LogP contribution in [0.2, 0.25) is 0 Å². The average Bonchev–Trinajstić information content (AvgIpc) is 3.19. The second-order valence-corrected chi connectivity index (χ2v) is 5.99. The number of amides is 1. The second kappa shape index (κ2) is 9.36. The maximum Gasteiger partial charge on any atom is 0.264 e. The van der Waals surface area contributed by atoms with Gasteiger partial charge in [0.15, 0.2) is 13.2 Å². The van der Waals surface area contributed by atoms with Gasteiger partial charge in [-0.25, -0.2) is 0 Å². The molecule has 1 amide bonds. The summed E-state index contributed by atoms with van der Waals surface area (Å²) < 4.78 is 16.5. The van der Waals surface area contributed by atoms with Gasteiger partial charge in [-0.05, 0) is 31.2 Å². The van der Waals surface area contributed by atoms with Crippen LogP contribution in [-0.2, 0) is 11.4 Å². The number of hydrogen-bond acceptors (Lipinski definition) is 6. The van der Waals surface area contributed by atoms with E-state index in [1.54, 1.807) is 18.2 Å². The number of rotatable bonds is 9. The Bertz CT molecular complexity index is 935. The van der Waals surface area contributed by atoms with Crippen LogP contribution in [0.1, 0.15) is 11.5 Å². The van der Waals surface area contributed by atoms with E-state index >= 15 is 0 Å². The Morgan fingerprint density at radius 3 is 2.75 bits per heavy atom. The van der Waals surface area contributed by atoms with E-state index in [2.05, 4.69) is 22.0 Å². The van der Waals surface area contributed by atoms with Crippen LogP contribution >= 0.6 is 0 Å². The number of ether oxygens (including phenoxy) is 2. The first-order valence-electron chi connectivity index (χ1n) is 8.77. The van der Waals surface area contributed by atoms with Crippen molar-refractivity contribution in [3.05, 3.63) is 72.6 Å². The summed E-state index contributed by atoms with van der Waals surface area (Å²) in [5.41, 5.74) is 1.78. The minimum absolute atomic E-state index is 0.119. The maximum atomic E-state index is 11.7. The fourth-order valence-corrected chi connectivity index (χ4v) is 2.36. The first kappa shape index (κ1) is 19.2. The molecule has 0 unspecified atom stereocenters. The Hall–Kier alpha value is -3.61. The van der Waals surface area contributed by atoms with E-state index in [0.717, 1.165) is 11.3 Å². The summed E-state index contributed by atoms with van der Waals surface area (Å²) in [6.45, 7) is 5.99. The predicted molar refractivity (Wildman–Crippen MR) is 104 cm³/mol. The lowest BCUT2D eigenvalue weighted by atomic mass is 10.2. The van der Waals surface area contributed by atoms with Crippen molar-refractivity contribution < 1.29 is 18.8 Å². The second-order valence-electron chi connectivity index (χ2n) is 5.99. The molecule has 1 N–H and O–H groups in total. The van der Waals surface area contributed by atoms with E-state index in [9.17, 15) is 4.79 Å². The van der Waals surface area contributed by atoms with Crippen LogP contribution < -0.4 is 14.8 Å². The molecule has 0 spiro atoms. The van der Waals surface area contributed by atoms with E-state index in [-0.39, 0.29) is 19.1 Å². The number of carbonyl (C=O) groups excluding carboxylic acids is 1. The van der Waals surface area contributed by atoms with Gasteiger partial charge in [-0.15, -0.1) is 6.58 Å². The van der Waals surface area contributed by atoms with Gasteiger partial charge in [0, 0.05) is 6.54 Å². The van der Waals surface area contributed by atoms with Crippen molar-refractivity contribution in [3.8, 4) is 22.9 Å². The summed E-state index contributed by atoms with van der Waals surface area (Å²) in [6, 6.07) is 14.9. The Kier molecular flexibility index (Phi) is 6.41. The van der Waals surface area contributed by atoms with Gasteiger partial charge in [0.25, 0.3) is 11.8 Å². The number of aryl methyl sites for hydroxylation is 1. The largest absolute Gasteiger partial charge is 0.484 e. The Labute approximate surface area is 163 Å². The van der Waals surface area contributed by atoms with Gasteiger partial charge < -0.3 is 19.3 Å². The predicted octanol–water partition coefficient (Wildman–Crippen LogP) is 3.31. The molecule has 0 fully saturated rings. The highest BCUT2D eigenvalue weighted by Gasteiger charge is 2.14. The number of nitrogens with zero attached hydrogens (tertiary/aromatic N) is 2. The SMILES string of the molecule is C=CCNC(=O)COc1ccccc1-c1noc(COc2ccc(C)cc2)n1. The zero-order chi connectivity index (χ0) is 19.8. The van der Waals surface area contributed by atoms with Gasteiger partial charge in [-0.3, -0.25) is 4.79 Å². The summed E-state index contributed by atoms with van der Waals surface area (Å²) in [5, 5.41) is 6.64. The molecule has 28 heavy (non-hydrogen) atoms. The zero-order valence-electron chi connectivity index (χ0n) is 15.6. The standard InChI is InChI=1S/C21H21N3O4/c1-3-12-22-19(25)13-27-18-7-5-4-6-17(18)21-23-20(28-24-21)14-26-16-10-8-15(2)9-11-16/h3-11H,1,12-14H2,2H3,(H,22,25). The molecule has 7 heteroatoms. The van der Waals surface area contributed by atoms with Gasteiger partial charge >= 0.3 is 0 Å². The minimum Gasteiger partial charge on any atom is -0.484 e. The number of para-hydroxylation sites is 1. The molecule has 144 valence electrons. The smallest absolute Gasteiger partial charge is 0.264 e. The van der Waals surface area contributed by atoms with Crippen molar-refractivity contribution in [1.29, 1.82) is 0 Å². The van der Waals surface area contributed by atoms with Crippen molar-refractivity contribution in [2.24, 2.45) is 0 Å². The minimum atomic E-state index is -0.241. The molecule has 3 rings (SSSR count). The quantitative estimate of drug-likeness (QED) is 0.574. The van der Waals surface area contributed by atoms with Gasteiger partial charge in [0.2, 0.25) is 5.82 Å². The molecule has 0 aliphatic carbocycles. The highest BCUT2D eigenvalue weighted by Crippen LogP contribution is 2.27. The molecular weight excluding hydrogens is 358 g/mol. The van der Waals surface area contributed by atoms with E-state index < -0.39 is 0 Å². The molecule has 0 saturated carbocycles. The topological polar surface area (TPSA) is 86.5 Å². The van der Waals surface area contributed by atoms with Crippen molar-refractivity contribution in [1.82, 2.24) is 15.5 Å². The molecule has 0 saturated heterocycles. The van der Waals surface area contributed by atoms with Crippen LogP contribution in [0.5, 0.6) is 11.5 Å².